The molecular formula is C23H26N4O6S. The second-order valence-electron chi connectivity index (χ2n) is 8.40. The van der Waals surface area contributed by atoms with Crippen molar-refractivity contribution in [1.82, 2.24) is 4.68 Å². The van der Waals surface area contributed by atoms with Crippen molar-refractivity contribution in [2.45, 2.75) is 25.2 Å². The zero-order chi connectivity index (χ0) is 24.6. The second-order valence-corrected chi connectivity index (χ2v) is 10.1. The van der Waals surface area contributed by atoms with Crippen LogP contribution in [0.25, 0.3) is 10.9 Å². The lowest BCUT2D eigenvalue weighted by Gasteiger charge is -2.34. The van der Waals surface area contributed by atoms with Gasteiger partial charge >= 0.3 is 0 Å². The predicted octanol–water partition coefficient (Wildman–Crippen LogP) is 2.84. The number of amides is 1. The van der Waals surface area contributed by atoms with E-state index in [1.807, 2.05) is 13.8 Å². The Bertz CT molecular complexity index is 1370. The lowest BCUT2D eigenvalue weighted by Crippen LogP contribution is -2.36. The van der Waals surface area contributed by atoms with E-state index in [9.17, 15) is 23.8 Å². The van der Waals surface area contributed by atoms with Crippen molar-refractivity contribution in [3.8, 4) is 11.5 Å². The van der Waals surface area contributed by atoms with Crippen LogP contribution < -0.4 is 21.5 Å². The molecule has 1 aliphatic rings. The van der Waals surface area contributed by atoms with Gasteiger partial charge in [0, 0.05) is 24.4 Å². The van der Waals surface area contributed by atoms with Gasteiger partial charge in [-0.2, -0.15) is 4.40 Å². The third-order valence-corrected chi connectivity index (χ3v) is 6.76. The summed E-state index contributed by atoms with van der Waals surface area (Å²) in [4.78, 5) is 24.6. The predicted molar refractivity (Wildman–Crippen MR) is 131 cm³/mol. The number of para-hydroxylation sites is 1. The van der Waals surface area contributed by atoms with E-state index >= 15 is 0 Å². The molecule has 2 aromatic carbocycles. The molecule has 180 valence electrons. The summed E-state index contributed by atoms with van der Waals surface area (Å²) < 4.78 is 32.3. The summed E-state index contributed by atoms with van der Waals surface area (Å²) in [6.45, 7) is 4.15. The first-order valence-corrected chi connectivity index (χ1v) is 12.1. The van der Waals surface area contributed by atoms with Crippen LogP contribution in [0.1, 0.15) is 25.0 Å². The van der Waals surface area contributed by atoms with E-state index in [1.54, 1.807) is 36.4 Å². The summed E-state index contributed by atoms with van der Waals surface area (Å²) in [6, 6.07) is 11.4. The Morgan fingerprint density at radius 1 is 1.26 bits per heavy atom. The highest BCUT2D eigenvalue weighted by Crippen LogP contribution is 2.55. The lowest BCUT2D eigenvalue weighted by atomic mass is 10.00. The molecule has 1 aromatic heterocycles. The number of aromatic nitrogens is 1. The maximum Gasteiger partial charge on any atom is 0.282 e. The minimum absolute atomic E-state index is 0.0617. The van der Waals surface area contributed by atoms with Crippen LogP contribution in [0.15, 0.2) is 56.6 Å². The van der Waals surface area contributed by atoms with Crippen LogP contribution in [0.4, 0.5) is 0 Å². The molecule has 1 aliphatic heterocycles. The number of carbonyl (C=O) groups excluding carboxylic acids is 1. The summed E-state index contributed by atoms with van der Waals surface area (Å²) in [6.07, 6.45) is 0.0760. The Morgan fingerprint density at radius 3 is 2.71 bits per heavy atom. The Kier molecular flexibility index (Phi) is 6.26. The van der Waals surface area contributed by atoms with Crippen molar-refractivity contribution in [3.05, 3.63) is 63.9 Å². The number of carbonyl (C=O) groups is 1. The Morgan fingerprint density at radius 2 is 2.00 bits per heavy atom. The molecule has 0 atom stereocenters. The highest BCUT2D eigenvalue weighted by atomic mass is 32.3. The van der Waals surface area contributed by atoms with Gasteiger partial charge < -0.3 is 21.0 Å². The van der Waals surface area contributed by atoms with E-state index in [1.165, 1.54) is 10.7 Å². The van der Waals surface area contributed by atoms with Crippen LogP contribution >= 0.6 is 10.8 Å². The largest absolute Gasteiger partial charge is 0.506 e. The lowest BCUT2D eigenvalue weighted by molar-refractivity contribution is -0.119. The van der Waals surface area contributed by atoms with Crippen LogP contribution in [-0.4, -0.2) is 43.7 Å². The number of nitrogens with two attached hydrogens (primary N) is 1. The van der Waals surface area contributed by atoms with Crippen molar-refractivity contribution in [2.24, 2.45) is 16.0 Å². The maximum atomic E-state index is 13.5. The fourth-order valence-electron chi connectivity index (χ4n) is 3.75. The van der Waals surface area contributed by atoms with E-state index in [2.05, 4.69) is 9.82 Å². The van der Waals surface area contributed by atoms with Crippen molar-refractivity contribution in [1.29, 1.82) is 0 Å². The number of aromatic hydroxyl groups is 1. The number of rotatable bonds is 7. The van der Waals surface area contributed by atoms with Gasteiger partial charge in [-0.15, -0.1) is 0 Å². The third-order valence-electron chi connectivity index (χ3n) is 5.31. The fourth-order valence-corrected chi connectivity index (χ4v) is 5.07. The molecule has 11 heteroatoms. The quantitative estimate of drug-likeness (QED) is 0.343. The van der Waals surface area contributed by atoms with Gasteiger partial charge in [0.1, 0.15) is 17.1 Å². The first-order chi connectivity index (χ1) is 16.1. The van der Waals surface area contributed by atoms with Gasteiger partial charge in [-0.1, -0.05) is 42.8 Å². The topological polar surface area (TPSA) is 159 Å². The molecule has 0 saturated carbocycles. The van der Waals surface area contributed by atoms with Crippen molar-refractivity contribution >= 4 is 33.3 Å². The summed E-state index contributed by atoms with van der Waals surface area (Å²) in [7, 11) is -3.71. The minimum atomic E-state index is -3.71. The Balaban J connectivity index is 1.83. The molecular weight excluding hydrogens is 460 g/mol. The van der Waals surface area contributed by atoms with Gasteiger partial charge in [0.25, 0.3) is 11.5 Å². The molecule has 0 spiro atoms. The molecule has 0 fully saturated rings. The number of benzene rings is 2. The zero-order valence-corrected chi connectivity index (χ0v) is 19.5. The molecule has 2 heterocycles. The minimum Gasteiger partial charge on any atom is -0.506 e. The first-order valence-electron chi connectivity index (χ1n) is 10.6. The van der Waals surface area contributed by atoms with Crippen molar-refractivity contribution in [3.63, 3.8) is 0 Å². The first kappa shape index (κ1) is 23.6. The molecule has 6 N–H and O–H groups in total. The van der Waals surface area contributed by atoms with Crippen molar-refractivity contribution < 1.29 is 23.7 Å². The third kappa shape index (κ3) is 4.45. The summed E-state index contributed by atoms with van der Waals surface area (Å²) in [5.41, 5.74) is 8.60. The van der Waals surface area contributed by atoms with Crippen LogP contribution in [0, 0.1) is 5.92 Å². The highest BCUT2D eigenvalue weighted by Gasteiger charge is 2.31. The van der Waals surface area contributed by atoms with Crippen LogP contribution in [0.3, 0.4) is 0 Å². The van der Waals surface area contributed by atoms with Gasteiger partial charge in [0.2, 0.25) is 0 Å². The van der Waals surface area contributed by atoms with Gasteiger partial charge in [-0.3, -0.25) is 18.7 Å². The van der Waals surface area contributed by atoms with E-state index < -0.39 is 22.2 Å². The average molecular weight is 487 g/mol. The number of nitrogens with one attached hydrogen (secondary N) is 1. The molecule has 0 aliphatic carbocycles. The zero-order valence-electron chi connectivity index (χ0n) is 18.7. The molecule has 34 heavy (non-hydrogen) atoms. The Labute approximate surface area is 197 Å². The summed E-state index contributed by atoms with van der Waals surface area (Å²) in [5.74, 6) is -0.467. The number of fused-ring (bicyclic) bond motifs is 2. The molecule has 10 nitrogen and oxygen atoms in total. The normalized spacial score (nSPS) is 15.5. The average Bonchev–Trinajstić information content (AvgIpc) is 2.77. The Hall–Kier alpha value is -3.54. The maximum absolute atomic E-state index is 13.5. The van der Waals surface area contributed by atoms with Crippen molar-refractivity contribution in [2.75, 3.05) is 18.6 Å². The number of pyridine rings is 1. The molecule has 0 bridgehead atoms. The van der Waals surface area contributed by atoms with E-state index in [-0.39, 0.29) is 46.6 Å². The SMILES string of the molecule is CC(C)CNn1c(=O)c(C2=NS(O)(O)c3cc(OCC(N)=O)ccc3C2)c(O)c2ccccc21. The van der Waals surface area contributed by atoms with Gasteiger partial charge in [-0.25, -0.2) is 4.68 Å². The number of nitrogens with zero attached hydrogens (tertiary/aromatic N) is 2. The number of hydrogen-bond donors (Lipinski definition) is 5. The smallest absolute Gasteiger partial charge is 0.282 e. The standard InChI is InChI=1S/C23H26N4O6S/c1-13(2)11-25-27-18-6-4-3-5-16(18)22(29)21(23(27)30)17-9-14-7-8-15(33-12-20(24)28)10-19(14)34(31,32)26-17/h3-8,10,13,25,29,31-32H,9,11-12H2,1-2H3,(H2,24,28). The van der Waals surface area contributed by atoms with Gasteiger partial charge in [0.15, 0.2) is 6.61 Å². The summed E-state index contributed by atoms with van der Waals surface area (Å²) in [5, 5.41) is 11.5. The molecule has 3 aromatic rings. The molecule has 4 rings (SSSR count). The van der Waals surface area contributed by atoms with E-state index in [0.717, 1.165) is 0 Å². The van der Waals surface area contributed by atoms with E-state index in [0.29, 0.717) is 23.0 Å². The number of hydrogen-bond acceptors (Lipinski definition) is 8. The van der Waals surface area contributed by atoms with Crippen LogP contribution in [0.5, 0.6) is 11.5 Å². The van der Waals surface area contributed by atoms with Gasteiger partial charge in [-0.05, 0) is 29.7 Å². The van der Waals surface area contributed by atoms with Gasteiger partial charge in [0.05, 0.1) is 16.1 Å². The molecule has 0 radical (unpaired) electrons. The monoisotopic (exact) mass is 486 g/mol. The van der Waals surface area contributed by atoms with Crippen LogP contribution in [-0.2, 0) is 11.2 Å². The fraction of sp³-hybridized carbons (Fsp3) is 0.261. The molecule has 0 unspecified atom stereocenters. The number of ether oxygens (including phenoxy) is 1. The highest BCUT2D eigenvalue weighted by molar-refractivity contribution is 8.23. The molecule has 0 saturated heterocycles. The van der Waals surface area contributed by atoms with Crippen LogP contribution in [0.2, 0.25) is 0 Å². The second kappa shape index (κ2) is 9.01. The summed E-state index contributed by atoms with van der Waals surface area (Å²) >= 11 is 0. The number of primary amides is 1. The molecule has 1 amide bonds. The van der Waals surface area contributed by atoms with E-state index in [4.69, 9.17) is 10.5 Å².